The quantitative estimate of drug-likeness (QED) is 0.0923. The molecule has 48 heavy (non-hydrogen) atoms. The van der Waals surface area contributed by atoms with Crippen LogP contribution in [-0.2, 0) is 9.59 Å². The molecule has 0 spiro atoms. The Morgan fingerprint density at radius 2 is 1.31 bits per heavy atom. The highest BCUT2D eigenvalue weighted by molar-refractivity contribution is 8.00. The normalized spacial score (nSPS) is 11.8. The Balaban J connectivity index is 1.34. The molecule has 7 nitrogen and oxygen atoms in total. The summed E-state index contributed by atoms with van der Waals surface area (Å²) in [6.45, 7) is 4.23. The van der Waals surface area contributed by atoms with E-state index in [1.54, 1.807) is 61.7 Å². The molecule has 0 bridgehead atoms. The number of hydrogen-bond donors (Lipinski definition) is 3. The van der Waals surface area contributed by atoms with Gasteiger partial charge in [-0.3, -0.25) is 14.4 Å². The highest BCUT2D eigenvalue weighted by atomic mass is 32.2. The maximum absolute atomic E-state index is 13.6. The van der Waals surface area contributed by atoms with Gasteiger partial charge in [0.05, 0.1) is 12.8 Å². The summed E-state index contributed by atoms with van der Waals surface area (Å²) in [5.41, 5.74) is 4.47. The molecule has 8 heteroatoms. The Morgan fingerprint density at radius 1 is 0.688 bits per heavy atom. The van der Waals surface area contributed by atoms with E-state index in [1.165, 1.54) is 17.3 Å². The molecule has 0 heterocycles. The fourth-order valence-electron chi connectivity index (χ4n) is 4.88. The number of thioether (sulfide) groups is 1. The zero-order valence-corrected chi connectivity index (χ0v) is 27.8. The molecule has 0 aromatic heterocycles. The summed E-state index contributed by atoms with van der Waals surface area (Å²) < 4.78 is 5.42. The van der Waals surface area contributed by atoms with Crippen molar-refractivity contribution >= 4 is 46.9 Å². The number of nitrogens with one attached hydrogen (secondary N) is 3. The lowest BCUT2D eigenvalue weighted by molar-refractivity contribution is -0.116. The van der Waals surface area contributed by atoms with E-state index < -0.39 is 11.2 Å². The molecular weight excluding hydrogens is 619 g/mol. The van der Waals surface area contributed by atoms with Crippen LogP contribution in [0.1, 0.15) is 52.1 Å². The monoisotopic (exact) mass is 655 g/mol. The summed E-state index contributed by atoms with van der Waals surface area (Å²) in [4.78, 5) is 41.0. The van der Waals surface area contributed by atoms with Gasteiger partial charge in [-0.15, -0.1) is 11.8 Å². The first-order valence-corrected chi connectivity index (χ1v) is 16.4. The molecule has 0 fully saturated rings. The van der Waals surface area contributed by atoms with Crippen LogP contribution in [0.5, 0.6) is 5.75 Å². The molecule has 5 aromatic rings. The van der Waals surface area contributed by atoms with Gasteiger partial charge in [0.1, 0.15) is 16.7 Å². The molecule has 0 saturated carbocycles. The van der Waals surface area contributed by atoms with E-state index in [4.69, 9.17) is 4.74 Å². The second-order valence-electron chi connectivity index (χ2n) is 11.3. The van der Waals surface area contributed by atoms with Gasteiger partial charge in [-0.2, -0.15) is 0 Å². The predicted molar refractivity (Wildman–Crippen MR) is 194 cm³/mol. The first-order chi connectivity index (χ1) is 23.3. The van der Waals surface area contributed by atoms with Crippen molar-refractivity contribution in [1.29, 1.82) is 0 Å². The number of benzene rings is 5. The largest absolute Gasteiger partial charge is 0.495 e. The van der Waals surface area contributed by atoms with Gasteiger partial charge in [-0.1, -0.05) is 98.8 Å². The molecule has 1 atom stereocenters. The van der Waals surface area contributed by atoms with Crippen molar-refractivity contribution in [3.63, 3.8) is 0 Å². The third kappa shape index (κ3) is 9.02. The zero-order chi connectivity index (χ0) is 33.9. The van der Waals surface area contributed by atoms with Crippen LogP contribution in [0.3, 0.4) is 0 Å². The van der Waals surface area contributed by atoms with Crippen molar-refractivity contribution in [2.75, 3.05) is 17.7 Å². The average Bonchev–Trinajstić information content (AvgIpc) is 3.12. The van der Waals surface area contributed by atoms with Crippen molar-refractivity contribution < 1.29 is 19.1 Å². The lowest BCUT2D eigenvalue weighted by Crippen LogP contribution is -2.30. The van der Waals surface area contributed by atoms with Crippen molar-refractivity contribution in [2.24, 2.45) is 0 Å². The molecule has 0 aliphatic heterocycles. The van der Waals surface area contributed by atoms with E-state index in [1.807, 2.05) is 84.9 Å². The summed E-state index contributed by atoms with van der Waals surface area (Å²) in [6, 6.07) is 40.7. The maximum atomic E-state index is 13.6. The molecule has 5 rings (SSSR count). The summed E-state index contributed by atoms with van der Waals surface area (Å²) >= 11 is 1.39. The topological polar surface area (TPSA) is 96.5 Å². The number of rotatable bonds is 12. The van der Waals surface area contributed by atoms with Crippen molar-refractivity contribution in [2.45, 2.75) is 29.9 Å². The third-order valence-corrected chi connectivity index (χ3v) is 8.78. The second-order valence-corrected chi connectivity index (χ2v) is 12.5. The zero-order valence-electron chi connectivity index (χ0n) is 27.0. The number of hydrogen-bond acceptors (Lipinski definition) is 5. The lowest BCUT2D eigenvalue weighted by atomic mass is 10.0. The van der Waals surface area contributed by atoms with Crippen LogP contribution in [0.25, 0.3) is 6.08 Å². The SMILES string of the molecule is COc1ccccc1NC(=O)C(Sc1ccc(NC(=O)/C(=C/c2ccc(C(C)C)cc2)NC(=O)c2ccccc2)cc1)c1ccccc1. The van der Waals surface area contributed by atoms with E-state index in [2.05, 4.69) is 29.8 Å². The summed E-state index contributed by atoms with van der Waals surface area (Å²) in [6.07, 6.45) is 1.66. The molecular formula is C40H37N3O4S. The van der Waals surface area contributed by atoms with Crippen LogP contribution in [-0.4, -0.2) is 24.8 Å². The van der Waals surface area contributed by atoms with Gasteiger partial charge in [-0.25, -0.2) is 0 Å². The van der Waals surface area contributed by atoms with Gasteiger partial charge in [0.15, 0.2) is 0 Å². The Hall–Kier alpha value is -5.60. The number of para-hydroxylation sites is 2. The van der Waals surface area contributed by atoms with Gasteiger partial charge >= 0.3 is 0 Å². The molecule has 0 aliphatic carbocycles. The molecule has 0 aliphatic rings. The van der Waals surface area contributed by atoms with Gasteiger partial charge in [-0.05, 0) is 77.2 Å². The van der Waals surface area contributed by atoms with Crippen molar-refractivity contribution in [3.05, 3.63) is 161 Å². The Kier molecular flexibility index (Phi) is 11.5. The number of amides is 3. The highest BCUT2D eigenvalue weighted by Gasteiger charge is 2.23. The van der Waals surface area contributed by atoms with E-state index in [0.717, 1.165) is 16.0 Å². The first kappa shape index (κ1) is 33.8. The fourth-order valence-corrected chi connectivity index (χ4v) is 5.91. The minimum Gasteiger partial charge on any atom is -0.495 e. The van der Waals surface area contributed by atoms with Crippen LogP contribution >= 0.6 is 11.8 Å². The minimum atomic E-state index is -0.554. The fraction of sp³-hybridized carbons (Fsp3) is 0.125. The van der Waals surface area contributed by atoms with Crippen LogP contribution in [0, 0.1) is 0 Å². The third-order valence-electron chi connectivity index (χ3n) is 7.51. The second kappa shape index (κ2) is 16.3. The summed E-state index contributed by atoms with van der Waals surface area (Å²) in [5.74, 6) is -0.108. The van der Waals surface area contributed by atoms with E-state index >= 15 is 0 Å². The highest BCUT2D eigenvalue weighted by Crippen LogP contribution is 2.37. The molecule has 5 aromatic carbocycles. The van der Waals surface area contributed by atoms with Gasteiger partial charge in [0.25, 0.3) is 11.8 Å². The number of carbonyl (C=O) groups is 3. The smallest absolute Gasteiger partial charge is 0.272 e. The van der Waals surface area contributed by atoms with Gasteiger partial charge < -0.3 is 20.7 Å². The Bertz CT molecular complexity index is 1870. The summed E-state index contributed by atoms with van der Waals surface area (Å²) in [5, 5.41) is 8.14. The molecule has 0 saturated heterocycles. The van der Waals surface area contributed by atoms with Gasteiger partial charge in [0.2, 0.25) is 5.91 Å². The number of carbonyl (C=O) groups excluding carboxylic acids is 3. The molecule has 3 N–H and O–H groups in total. The van der Waals surface area contributed by atoms with Crippen LogP contribution in [0.4, 0.5) is 11.4 Å². The molecule has 1 unspecified atom stereocenters. The van der Waals surface area contributed by atoms with E-state index in [0.29, 0.717) is 28.6 Å². The summed E-state index contributed by atoms with van der Waals surface area (Å²) in [7, 11) is 1.56. The number of anilines is 2. The van der Waals surface area contributed by atoms with Crippen LogP contribution < -0.4 is 20.7 Å². The Morgan fingerprint density at radius 3 is 1.96 bits per heavy atom. The standard InChI is InChI=1S/C40H37N3O4S/c1-27(2)29-20-18-28(19-21-29)26-35(43-38(44)31-14-8-5-9-15-31)39(45)41-32-22-24-33(25-23-32)48-37(30-12-6-4-7-13-30)40(46)42-34-16-10-11-17-36(34)47-3/h4-27,37H,1-3H3,(H,41,45)(H,42,46)(H,43,44)/b35-26-. The lowest BCUT2D eigenvalue weighted by Gasteiger charge is -2.18. The number of ether oxygens (including phenoxy) is 1. The minimum absolute atomic E-state index is 0.108. The average molecular weight is 656 g/mol. The Labute approximate surface area is 285 Å². The first-order valence-electron chi connectivity index (χ1n) is 15.6. The maximum Gasteiger partial charge on any atom is 0.272 e. The molecule has 0 radical (unpaired) electrons. The van der Waals surface area contributed by atoms with Crippen LogP contribution in [0.15, 0.2) is 144 Å². The van der Waals surface area contributed by atoms with E-state index in [-0.39, 0.29) is 17.5 Å². The van der Waals surface area contributed by atoms with Gasteiger partial charge in [0, 0.05) is 16.1 Å². The predicted octanol–water partition coefficient (Wildman–Crippen LogP) is 8.70. The molecule has 3 amide bonds. The van der Waals surface area contributed by atoms with Crippen molar-refractivity contribution in [1.82, 2.24) is 5.32 Å². The molecule has 242 valence electrons. The van der Waals surface area contributed by atoms with Crippen molar-refractivity contribution in [3.8, 4) is 5.75 Å². The number of methoxy groups -OCH3 is 1. The van der Waals surface area contributed by atoms with E-state index in [9.17, 15) is 14.4 Å². The van der Waals surface area contributed by atoms with Crippen LogP contribution in [0.2, 0.25) is 0 Å².